The number of nitrogens with zero attached hydrogens (tertiary/aromatic N) is 5. The minimum Gasteiger partial charge on any atom is -0.385 e. The van der Waals surface area contributed by atoms with Gasteiger partial charge in [-0.1, -0.05) is 6.07 Å². The van der Waals surface area contributed by atoms with Gasteiger partial charge in [-0.15, -0.1) is 0 Å². The maximum Gasteiger partial charge on any atom is 0.264 e. The number of aliphatic imine (C=N–C) groups is 1. The van der Waals surface area contributed by atoms with E-state index < -0.39 is 41.0 Å². The van der Waals surface area contributed by atoms with Gasteiger partial charge in [-0.3, -0.25) is 53.9 Å². The summed E-state index contributed by atoms with van der Waals surface area (Å²) in [5.41, 5.74) is 7.50. The highest BCUT2D eigenvalue weighted by Gasteiger charge is 2.54. The number of dihydropyridines is 1. The van der Waals surface area contributed by atoms with Crippen LogP contribution >= 0.6 is 0 Å². The summed E-state index contributed by atoms with van der Waals surface area (Å²) in [5.74, 6) is -1.75. The van der Waals surface area contributed by atoms with Crippen molar-refractivity contribution in [1.82, 2.24) is 35.7 Å². The van der Waals surface area contributed by atoms with Crippen molar-refractivity contribution in [2.45, 2.75) is 37.8 Å². The number of nitrogens with two attached hydrogens (primary N) is 1. The summed E-state index contributed by atoms with van der Waals surface area (Å²) < 4.78 is 11.3. The van der Waals surface area contributed by atoms with Crippen LogP contribution in [0.15, 0.2) is 65.6 Å². The van der Waals surface area contributed by atoms with Gasteiger partial charge in [0.1, 0.15) is 23.1 Å². The van der Waals surface area contributed by atoms with Crippen molar-refractivity contribution in [3.8, 4) is 0 Å². The first-order valence-electron chi connectivity index (χ1n) is 20.1. The molecule has 3 aromatic rings. The number of imide groups is 2. The molecule has 4 aliphatic heterocycles. The SMILES string of the molecule is NC(=O)C1(C2CN(CC(=O)NCCOCCOCCNc3cccc4c3C(=O)N(C3CCC(=O)NC3=O)C4=O)C2)CN=C(Nc2ccc3cnccc3n2)C=C1NC1CC1. The van der Waals surface area contributed by atoms with E-state index in [-0.39, 0.29) is 68.1 Å². The van der Waals surface area contributed by atoms with Gasteiger partial charge in [0, 0.05) is 79.8 Å². The van der Waals surface area contributed by atoms with Gasteiger partial charge in [0.2, 0.25) is 23.6 Å². The monoisotopic (exact) mass is 821 g/mol. The molecule has 2 unspecified atom stereocenters. The van der Waals surface area contributed by atoms with E-state index in [1.54, 1.807) is 24.5 Å². The van der Waals surface area contributed by atoms with Gasteiger partial charge in [-0.2, -0.15) is 0 Å². The van der Waals surface area contributed by atoms with Crippen molar-refractivity contribution in [2.75, 3.05) is 76.3 Å². The maximum atomic E-state index is 13.3. The quantitative estimate of drug-likeness (QED) is 0.0739. The Morgan fingerprint density at radius 2 is 1.75 bits per heavy atom. The number of hydrogen-bond acceptors (Lipinski definition) is 15. The standard InChI is InChI=1S/C41H47N11O8/c42-40(58)41(23-46-33(18-31(41)47-26-5-6-26)49-32-8-4-24-19-43-11-10-28(24)48-32)25-20-51(21-25)22-35(54)45-13-15-60-17-16-59-14-12-44-29-3-1-2-27-36(29)39(57)52(38(27)56)30-7-9-34(53)50-37(30)55/h1-4,8,10-11,18-19,25-26,30,44,47H,5-7,9,12-17,20-23H2,(H2,42,58)(H,45,54)(H,46,48,49)(H,50,53,55). The fraction of sp³-hybridized carbons (Fsp3) is 0.439. The van der Waals surface area contributed by atoms with Crippen molar-refractivity contribution < 1.29 is 38.2 Å². The van der Waals surface area contributed by atoms with E-state index in [9.17, 15) is 28.8 Å². The van der Waals surface area contributed by atoms with Crippen molar-refractivity contribution in [1.29, 1.82) is 0 Å². The molecule has 2 atom stereocenters. The molecule has 0 bridgehead atoms. The fourth-order valence-electron chi connectivity index (χ4n) is 8.00. The molecular weight excluding hydrogens is 775 g/mol. The molecule has 2 aromatic heterocycles. The lowest BCUT2D eigenvalue weighted by Crippen LogP contribution is -2.64. The number of anilines is 2. The predicted molar refractivity (Wildman–Crippen MR) is 218 cm³/mol. The number of nitrogens with one attached hydrogen (secondary N) is 5. The smallest absolute Gasteiger partial charge is 0.264 e. The Morgan fingerprint density at radius 1 is 0.950 bits per heavy atom. The number of carbonyl (C=O) groups excluding carboxylic acids is 6. The topological polar surface area (TPSA) is 252 Å². The van der Waals surface area contributed by atoms with Crippen LogP contribution in [-0.2, 0) is 28.7 Å². The highest BCUT2D eigenvalue weighted by Crippen LogP contribution is 2.43. The van der Waals surface area contributed by atoms with Crippen LogP contribution in [0.1, 0.15) is 46.4 Å². The van der Waals surface area contributed by atoms with E-state index in [4.69, 9.17) is 20.2 Å². The summed E-state index contributed by atoms with van der Waals surface area (Å²) in [6, 6.07) is 9.75. The molecule has 6 amide bonds. The number of fused-ring (bicyclic) bond motifs is 2. The second kappa shape index (κ2) is 17.5. The fourth-order valence-corrected chi connectivity index (χ4v) is 8.00. The van der Waals surface area contributed by atoms with Crippen molar-refractivity contribution in [3.05, 3.63) is 71.7 Å². The molecule has 1 aromatic carbocycles. The second-order valence-corrected chi connectivity index (χ2v) is 15.5. The van der Waals surface area contributed by atoms with Gasteiger partial charge in [0.05, 0.1) is 56.2 Å². The van der Waals surface area contributed by atoms with Crippen LogP contribution in [0.3, 0.4) is 0 Å². The number of amidine groups is 1. The summed E-state index contributed by atoms with van der Waals surface area (Å²) in [4.78, 5) is 92.7. The van der Waals surface area contributed by atoms with Crippen molar-refractivity contribution in [2.24, 2.45) is 22.1 Å². The molecule has 3 fully saturated rings. The number of pyridine rings is 2. The third-order valence-electron chi connectivity index (χ3n) is 11.4. The molecule has 8 rings (SSSR count). The van der Waals surface area contributed by atoms with Gasteiger partial charge in [0.25, 0.3) is 11.8 Å². The molecule has 0 spiro atoms. The van der Waals surface area contributed by atoms with Crippen LogP contribution in [0.25, 0.3) is 10.9 Å². The average molecular weight is 822 g/mol. The molecule has 7 N–H and O–H groups in total. The number of likely N-dealkylation sites (tertiary alicyclic amines) is 1. The van der Waals surface area contributed by atoms with Gasteiger partial charge in [-0.05, 0) is 49.6 Å². The number of aromatic nitrogens is 2. The predicted octanol–water partition coefficient (Wildman–Crippen LogP) is 0.156. The van der Waals surface area contributed by atoms with Crippen LogP contribution < -0.4 is 32.3 Å². The molecule has 0 radical (unpaired) electrons. The lowest BCUT2D eigenvalue weighted by Gasteiger charge is -2.50. The number of rotatable bonds is 18. The first kappa shape index (κ1) is 40.5. The largest absolute Gasteiger partial charge is 0.385 e. The van der Waals surface area contributed by atoms with E-state index in [2.05, 4.69) is 36.6 Å². The number of hydrogen-bond donors (Lipinski definition) is 6. The molecule has 1 aliphatic carbocycles. The second-order valence-electron chi connectivity index (χ2n) is 15.5. The van der Waals surface area contributed by atoms with Crippen LogP contribution in [0.5, 0.6) is 0 Å². The van der Waals surface area contributed by atoms with Gasteiger partial charge in [-0.25, -0.2) is 4.98 Å². The zero-order valence-electron chi connectivity index (χ0n) is 32.9. The molecule has 60 heavy (non-hydrogen) atoms. The Hall–Kier alpha value is -6.31. The Bertz CT molecular complexity index is 2270. The first-order valence-corrected chi connectivity index (χ1v) is 20.1. The third kappa shape index (κ3) is 8.54. The normalized spacial score (nSPS) is 21.8. The lowest BCUT2D eigenvalue weighted by molar-refractivity contribution is -0.137. The number of piperidine rings is 1. The van der Waals surface area contributed by atoms with E-state index in [1.165, 1.54) is 6.07 Å². The number of ether oxygens (including phenoxy) is 2. The van der Waals surface area contributed by atoms with Gasteiger partial charge in [0.15, 0.2) is 0 Å². The van der Waals surface area contributed by atoms with E-state index in [0.29, 0.717) is 56.7 Å². The first-order chi connectivity index (χ1) is 29.1. The van der Waals surface area contributed by atoms with E-state index in [0.717, 1.165) is 34.3 Å². The Balaban J connectivity index is 0.723. The van der Waals surface area contributed by atoms with Crippen molar-refractivity contribution in [3.63, 3.8) is 0 Å². The number of benzene rings is 1. The van der Waals surface area contributed by atoms with Gasteiger partial charge >= 0.3 is 0 Å². The highest BCUT2D eigenvalue weighted by molar-refractivity contribution is 6.25. The molecular formula is C41H47N11O8. The van der Waals surface area contributed by atoms with E-state index in [1.807, 2.05) is 29.2 Å². The summed E-state index contributed by atoms with van der Waals surface area (Å²) >= 11 is 0. The molecule has 19 nitrogen and oxygen atoms in total. The molecule has 19 heteroatoms. The minimum absolute atomic E-state index is 0.0477. The lowest BCUT2D eigenvalue weighted by atomic mass is 9.67. The maximum absolute atomic E-state index is 13.3. The van der Waals surface area contributed by atoms with Crippen LogP contribution in [0.2, 0.25) is 0 Å². The molecule has 314 valence electrons. The molecule has 5 aliphatic rings. The number of primary amides is 1. The number of carbonyl (C=O) groups is 6. The molecule has 6 heterocycles. The summed E-state index contributed by atoms with van der Waals surface area (Å²) in [7, 11) is 0. The van der Waals surface area contributed by atoms with Crippen molar-refractivity contribution >= 4 is 63.7 Å². The average Bonchev–Trinajstić information content (AvgIpc) is 4.00. The highest BCUT2D eigenvalue weighted by atomic mass is 16.5. The van der Waals surface area contributed by atoms with Crippen LogP contribution in [-0.4, -0.2) is 139 Å². The molecule has 1 saturated carbocycles. The summed E-state index contributed by atoms with van der Waals surface area (Å²) in [6.07, 6.45) is 7.48. The molecule has 2 saturated heterocycles. The third-order valence-corrected chi connectivity index (χ3v) is 11.4. The Labute approximate surface area is 344 Å². The van der Waals surface area contributed by atoms with Crippen LogP contribution in [0, 0.1) is 11.3 Å². The van der Waals surface area contributed by atoms with Gasteiger partial charge < -0.3 is 36.5 Å². The summed E-state index contributed by atoms with van der Waals surface area (Å²) in [6.45, 7) is 3.22. The van der Waals surface area contributed by atoms with Crippen LogP contribution in [0.4, 0.5) is 11.5 Å². The zero-order valence-corrected chi connectivity index (χ0v) is 32.9. The zero-order chi connectivity index (χ0) is 41.8. The Kier molecular flexibility index (Phi) is 11.8. The Morgan fingerprint density at radius 3 is 2.52 bits per heavy atom. The van der Waals surface area contributed by atoms with E-state index >= 15 is 0 Å². The number of amides is 6. The minimum atomic E-state index is -1.04. The summed E-state index contributed by atoms with van der Waals surface area (Å²) in [5, 5.41) is 16.0.